The third-order valence-electron chi connectivity index (χ3n) is 4.37. The van der Waals surface area contributed by atoms with Crippen LogP contribution in [0.25, 0.3) is 4.96 Å². The Morgan fingerprint density at radius 3 is 3.15 bits per heavy atom. The highest BCUT2D eigenvalue weighted by molar-refractivity contribution is 14.0. The molecule has 2 N–H and O–H groups in total. The van der Waals surface area contributed by atoms with E-state index in [1.807, 2.05) is 34.3 Å². The van der Waals surface area contributed by atoms with Gasteiger partial charge in [0.2, 0.25) is 0 Å². The van der Waals surface area contributed by atoms with E-state index in [0.29, 0.717) is 17.6 Å². The van der Waals surface area contributed by atoms with Crippen LogP contribution in [-0.4, -0.2) is 46.5 Å². The Morgan fingerprint density at radius 2 is 2.37 bits per heavy atom. The summed E-state index contributed by atoms with van der Waals surface area (Å²) in [5.41, 5.74) is 0.994. The van der Waals surface area contributed by atoms with Crippen LogP contribution >= 0.6 is 46.9 Å². The monoisotopic (exact) mass is 517 g/mol. The van der Waals surface area contributed by atoms with Gasteiger partial charge in [-0.3, -0.25) is 9.39 Å². The molecule has 27 heavy (non-hydrogen) atoms. The second-order valence-electron chi connectivity index (χ2n) is 6.14. The number of rotatable bonds is 4. The summed E-state index contributed by atoms with van der Waals surface area (Å²) in [7, 11) is 1.78. The maximum atomic E-state index is 6.26. The summed E-state index contributed by atoms with van der Waals surface area (Å²) in [6, 6.07) is 4.02. The number of hydrogen-bond donors (Lipinski definition) is 2. The smallest absolute Gasteiger partial charge is 0.193 e. The van der Waals surface area contributed by atoms with Crippen molar-refractivity contribution in [2.45, 2.75) is 19.0 Å². The van der Waals surface area contributed by atoms with Gasteiger partial charge in [-0.15, -0.1) is 35.3 Å². The van der Waals surface area contributed by atoms with Crippen molar-refractivity contribution in [1.29, 1.82) is 0 Å². The zero-order chi connectivity index (χ0) is 17.9. The third-order valence-corrected chi connectivity index (χ3v) is 5.44. The first-order valence-corrected chi connectivity index (χ1v) is 9.72. The van der Waals surface area contributed by atoms with E-state index in [4.69, 9.17) is 11.6 Å². The molecule has 0 amide bonds. The Morgan fingerprint density at radius 1 is 1.48 bits per heavy atom. The largest absolute Gasteiger partial charge is 0.353 e. The molecular weight excluding hydrogens is 497 g/mol. The summed E-state index contributed by atoms with van der Waals surface area (Å²) in [4.78, 5) is 16.5. The van der Waals surface area contributed by atoms with Gasteiger partial charge in [-0.05, 0) is 18.6 Å². The van der Waals surface area contributed by atoms with Crippen molar-refractivity contribution in [3.63, 3.8) is 0 Å². The lowest BCUT2D eigenvalue weighted by Crippen LogP contribution is -2.44. The second kappa shape index (κ2) is 9.07. The van der Waals surface area contributed by atoms with Crippen molar-refractivity contribution in [2.24, 2.45) is 4.99 Å². The van der Waals surface area contributed by atoms with Crippen molar-refractivity contribution in [3.8, 4) is 0 Å². The number of aliphatic imine (C=N–C) groups is 1. The van der Waals surface area contributed by atoms with Gasteiger partial charge in [0.1, 0.15) is 5.82 Å². The first kappa shape index (κ1) is 20.2. The molecule has 3 aromatic heterocycles. The van der Waals surface area contributed by atoms with Gasteiger partial charge in [0.05, 0.1) is 17.3 Å². The molecule has 4 rings (SSSR count). The van der Waals surface area contributed by atoms with Gasteiger partial charge in [0.25, 0.3) is 0 Å². The Bertz CT molecular complexity index is 896. The van der Waals surface area contributed by atoms with Crippen LogP contribution in [0.2, 0.25) is 5.02 Å². The van der Waals surface area contributed by atoms with Gasteiger partial charge in [0, 0.05) is 50.1 Å². The average molecular weight is 518 g/mol. The molecule has 144 valence electrons. The molecular formula is C17H21ClIN7S. The molecule has 3 aromatic rings. The molecule has 0 spiro atoms. The van der Waals surface area contributed by atoms with Crippen LogP contribution in [0.4, 0.5) is 5.82 Å². The number of anilines is 1. The fourth-order valence-electron chi connectivity index (χ4n) is 3.10. The molecule has 10 heteroatoms. The number of nitrogens with one attached hydrogen (secondary N) is 2. The van der Waals surface area contributed by atoms with E-state index in [9.17, 15) is 0 Å². The number of guanidine groups is 1. The molecule has 1 unspecified atom stereocenters. The first-order valence-electron chi connectivity index (χ1n) is 8.46. The first-order chi connectivity index (χ1) is 12.7. The van der Waals surface area contributed by atoms with E-state index in [0.717, 1.165) is 41.9 Å². The van der Waals surface area contributed by atoms with Gasteiger partial charge in [0.15, 0.2) is 10.9 Å². The number of imidazole rings is 1. The van der Waals surface area contributed by atoms with Crippen LogP contribution in [-0.2, 0) is 6.54 Å². The van der Waals surface area contributed by atoms with Crippen molar-refractivity contribution >= 4 is 63.7 Å². The number of fused-ring (bicyclic) bond motifs is 1. The lowest BCUT2D eigenvalue weighted by molar-refractivity contribution is 0.647. The van der Waals surface area contributed by atoms with Crippen LogP contribution in [0, 0.1) is 0 Å². The summed E-state index contributed by atoms with van der Waals surface area (Å²) in [6.07, 6.45) is 6.83. The Labute approximate surface area is 183 Å². The van der Waals surface area contributed by atoms with E-state index in [1.54, 1.807) is 24.6 Å². The molecule has 0 bridgehead atoms. The SMILES string of the molecule is CN=C(NCc1cn2ccsc2n1)NC1CCN(c2ncccc2Cl)C1.I. The van der Waals surface area contributed by atoms with E-state index in [-0.39, 0.29) is 24.0 Å². The Hall–Kier alpha value is -1.59. The van der Waals surface area contributed by atoms with Gasteiger partial charge in [-0.1, -0.05) is 11.6 Å². The minimum atomic E-state index is 0. The van der Waals surface area contributed by atoms with Gasteiger partial charge >= 0.3 is 0 Å². The summed E-state index contributed by atoms with van der Waals surface area (Å²) >= 11 is 7.89. The highest BCUT2D eigenvalue weighted by atomic mass is 127. The van der Waals surface area contributed by atoms with E-state index in [2.05, 4.69) is 30.5 Å². The molecule has 1 aliphatic heterocycles. The topological polar surface area (TPSA) is 69.8 Å². The Balaban J connectivity index is 0.00000210. The molecule has 1 aliphatic rings. The molecule has 4 heterocycles. The van der Waals surface area contributed by atoms with E-state index in [1.165, 1.54) is 0 Å². The predicted molar refractivity (Wildman–Crippen MR) is 122 cm³/mol. The van der Waals surface area contributed by atoms with Crippen LogP contribution in [0.5, 0.6) is 0 Å². The molecule has 0 aromatic carbocycles. The van der Waals surface area contributed by atoms with E-state index < -0.39 is 0 Å². The van der Waals surface area contributed by atoms with Crippen LogP contribution in [0.1, 0.15) is 12.1 Å². The van der Waals surface area contributed by atoms with Crippen molar-refractivity contribution in [3.05, 3.63) is 46.8 Å². The minimum absolute atomic E-state index is 0. The molecule has 1 saturated heterocycles. The van der Waals surface area contributed by atoms with Crippen molar-refractivity contribution < 1.29 is 0 Å². The van der Waals surface area contributed by atoms with E-state index >= 15 is 0 Å². The number of thiazole rings is 1. The second-order valence-corrected chi connectivity index (χ2v) is 7.42. The van der Waals surface area contributed by atoms with Crippen molar-refractivity contribution in [1.82, 2.24) is 25.0 Å². The minimum Gasteiger partial charge on any atom is -0.353 e. The zero-order valence-corrected chi connectivity index (χ0v) is 18.7. The number of hydrogen-bond acceptors (Lipinski definition) is 5. The number of nitrogens with zero attached hydrogens (tertiary/aromatic N) is 5. The Kier molecular flexibility index (Phi) is 6.77. The fraction of sp³-hybridized carbons (Fsp3) is 0.353. The molecule has 0 radical (unpaired) electrons. The quantitative estimate of drug-likeness (QED) is 0.316. The van der Waals surface area contributed by atoms with Gasteiger partial charge < -0.3 is 15.5 Å². The summed E-state index contributed by atoms with van der Waals surface area (Å²) in [5.74, 6) is 1.62. The number of halogens is 2. The molecule has 1 fully saturated rings. The zero-order valence-electron chi connectivity index (χ0n) is 14.8. The highest BCUT2D eigenvalue weighted by Crippen LogP contribution is 2.25. The van der Waals surface area contributed by atoms with Crippen LogP contribution < -0.4 is 15.5 Å². The average Bonchev–Trinajstić information content (AvgIpc) is 3.35. The van der Waals surface area contributed by atoms with Crippen LogP contribution in [0.3, 0.4) is 0 Å². The predicted octanol–water partition coefficient (Wildman–Crippen LogP) is 3.01. The molecule has 1 atom stereocenters. The van der Waals surface area contributed by atoms with Gasteiger partial charge in [-0.25, -0.2) is 9.97 Å². The van der Waals surface area contributed by atoms with Crippen molar-refractivity contribution in [2.75, 3.05) is 25.0 Å². The molecule has 0 saturated carbocycles. The van der Waals surface area contributed by atoms with Crippen LogP contribution in [0.15, 0.2) is 41.1 Å². The molecule has 0 aliphatic carbocycles. The lowest BCUT2D eigenvalue weighted by Gasteiger charge is -2.20. The fourth-order valence-corrected chi connectivity index (χ4v) is 4.06. The summed E-state index contributed by atoms with van der Waals surface area (Å²) in [5, 5.41) is 9.53. The maximum absolute atomic E-state index is 6.26. The normalized spacial score (nSPS) is 17.2. The number of aromatic nitrogens is 3. The van der Waals surface area contributed by atoms with Gasteiger partial charge in [-0.2, -0.15) is 0 Å². The lowest BCUT2D eigenvalue weighted by atomic mass is 10.3. The molecule has 7 nitrogen and oxygen atoms in total. The highest BCUT2D eigenvalue weighted by Gasteiger charge is 2.25. The summed E-state index contributed by atoms with van der Waals surface area (Å²) < 4.78 is 2.03. The maximum Gasteiger partial charge on any atom is 0.193 e. The number of pyridine rings is 1. The summed E-state index contributed by atoms with van der Waals surface area (Å²) in [6.45, 7) is 2.40. The standard InChI is InChI=1S/C17H20ClN7S.HI/c1-19-16(21-9-13-11-25-7-8-26-17(25)23-13)22-12-4-6-24(10-12)15-14(18)3-2-5-20-15;/h2-3,5,7-8,11-12H,4,6,9-10H2,1H3,(H2,19,21,22);1H. The third kappa shape index (κ3) is 4.64.